The molecule has 0 amide bonds. The summed E-state index contributed by atoms with van der Waals surface area (Å²) in [5.41, 5.74) is 3.10. The van der Waals surface area contributed by atoms with Crippen molar-refractivity contribution in [1.29, 1.82) is 21.0 Å². The summed E-state index contributed by atoms with van der Waals surface area (Å²) in [5.74, 6) is 0. The van der Waals surface area contributed by atoms with Gasteiger partial charge < -0.3 is 5.32 Å². The average molecular weight is 558 g/mol. The van der Waals surface area contributed by atoms with Crippen LogP contribution in [0.25, 0.3) is 0 Å². The van der Waals surface area contributed by atoms with Gasteiger partial charge in [0.05, 0.1) is 23.3 Å². The zero-order valence-electron chi connectivity index (χ0n) is 23.6. The molecule has 0 aromatic carbocycles. The molecule has 210 valence electrons. The molecule has 2 aliphatic rings. The Morgan fingerprint density at radius 1 is 0.769 bits per heavy atom. The van der Waals surface area contributed by atoms with Crippen molar-refractivity contribution in [3.63, 3.8) is 0 Å². The molecule has 2 aliphatic carbocycles. The van der Waals surface area contributed by atoms with Crippen LogP contribution < -0.4 is 5.32 Å². The molecule has 0 saturated carbocycles. The standard InChI is InChI=1S/C30H38F3N5S/c1-21(17-34)23-14-30(4,5)16-27(26(23)19-36)38-12-10-8-6-7-9-11-22-13-29(2,3)15-24(25(22)18-35)28(20-37)39(31,32)33/h38H,6-16H2,1-5H3/b23-21-,28-24+. The minimum Gasteiger partial charge on any atom is -0.387 e. The lowest BCUT2D eigenvalue weighted by Gasteiger charge is -2.34. The van der Waals surface area contributed by atoms with Gasteiger partial charge in [0.25, 0.3) is 0 Å². The van der Waals surface area contributed by atoms with Crippen molar-refractivity contribution >= 4 is 11.2 Å². The Kier molecular flexibility index (Phi) is 10.9. The maximum absolute atomic E-state index is 13.5. The van der Waals surface area contributed by atoms with E-state index in [1.165, 1.54) is 6.07 Å². The second-order valence-electron chi connectivity index (χ2n) is 12.1. The Balaban J connectivity index is 1.95. The highest BCUT2D eigenvalue weighted by Gasteiger charge is 2.38. The Morgan fingerprint density at radius 3 is 1.90 bits per heavy atom. The van der Waals surface area contributed by atoms with Gasteiger partial charge in [0, 0.05) is 23.4 Å². The zero-order chi connectivity index (χ0) is 29.4. The third-order valence-corrected chi connectivity index (χ3v) is 8.16. The molecule has 0 saturated heterocycles. The monoisotopic (exact) mass is 557 g/mol. The summed E-state index contributed by atoms with van der Waals surface area (Å²) in [6, 6.07) is 7.80. The number of halogens is 3. The second-order valence-corrected chi connectivity index (χ2v) is 13.3. The molecule has 0 heterocycles. The van der Waals surface area contributed by atoms with E-state index in [-0.39, 0.29) is 23.0 Å². The van der Waals surface area contributed by atoms with Gasteiger partial charge in [-0.1, -0.05) is 52.5 Å². The molecule has 0 aromatic rings. The highest BCUT2D eigenvalue weighted by Crippen LogP contribution is 2.63. The SMILES string of the molecule is C/C(C#N)=C1\CC(C)(C)CC(NCCCCCCCC2=C(C#N)/C(=C(\C#N)S(F)(F)F)CC(C)(C)C2)=C1C#N. The van der Waals surface area contributed by atoms with Crippen LogP contribution in [0, 0.1) is 56.2 Å². The fourth-order valence-corrected chi connectivity index (χ4v) is 6.16. The highest BCUT2D eigenvalue weighted by atomic mass is 32.3. The Hall–Kier alpha value is -3.14. The van der Waals surface area contributed by atoms with Crippen molar-refractivity contribution < 1.29 is 11.7 Å². The predicted octanol–water partition coefficient (Wildman–Crippen LogP) is 9.23. The number of nitrogens with one attached hydrogen (secondary N) is 1. The highest BCUT2D eigenvalue weighted by molar-refractivity contribution is 8.24. The molecular weight excluding hydrogens is 519 g/mol. The molecule has 0 atom stereocenters. The van der Waals surface area contributed by atoms with E-state index in [1.807, 2.05) is 19.9 Å². The van der Waals surface area contributed by atoms with Gasteiger partial charge in [-0.25, -0.2) is 0 Å². The van der Waals surface area contributed by atoms with E-state index < -0.39 is 21.5 Å². The van der Waals surface area contributed by atoms with Gasteiger partial charge in [0.15, 0.2) is 4.91 Å². The summed E-state index contributed by atoms with van der Waals surface area (Å²) in [6.07, 6.45) is 7.14. The zero-order valence-corrected chi connectivity index (χ0v) is 24.4. The topological polar surface area (TPSA) is 107 Å². The first-order valence-corrected chi connectivity index (χ1v) is 14.7. The van der Waals surface area contributed by atoms with Crippen LogP contribution in [0.3, 0.4) is 0 Å². The first-order valence-electron chi connectivity index (χ1n) is 13.3. The third kappa shape index (κ3) is 8.68. The molecule has 9 heteroatoms. The molecule has 0 aliphatic heterocycles. The van der Waals surface area contributed by atoms with Crippen molar-refractivity contribution in [2.75, 3.05) is 6.54 Å². The molecule has 5 nitrogen and oxygen atoms in total. The molecule has 0 fully saturated rings. The van der Waals surface area contributed by atoms with Gasteiger partial charge in [0.1, 0.15) is 12.1 Å². The van der Waals surface area contributed by atoms with Gasteiger partial charge >= 0.3 is 0 Å². The van der Waals surface area contributed by atoms with E-state index >= 15 is 0 Å². The van der Waals surface area contributed by atoms with Crippen LogP contribution in [-0.4, -0.2) is 6.54 Å². The Morgan fingerprint density at radius 2 is 1.33 bits per heavy atom. The lowest BCUT2D eigenvalue weighted by atomic mass is 9.71. The lowest BCUT2D eigenvalue weighted by Crippen LogP contribution is -2.28. The number of hydrogen-bond acceptors (Lipinski definition) is 5. The molecule has 0 spiro atoms. The number of allylic oxidation sites excluding steroid dienone is 8. The summed E-state index contributed by atoms with van der Waals surface area (Å²) >= 11 is -5.71. The number of nitriles is 4. The molecular formula is C30H38F3N5S. The van der Waals surface area contributed by atoms with Gasteiger partial charge in [-0.15, -0.1) is 11.7 Å². The predicted molar refractivity (Wildman–Crippen MR) is 149 cm³/mol. The van der Waals surface area contributed by atoms with Crippen LogP contribution in [0.1, 0.15) is 98.8 Å². The van der Waals surface area contributed by atoms with E-state index in [1.54, 1.807) is 6.92 Å². The number of rotatable bonds is 10. The fourth-order valence-electron chi connectivity index (χ4n) is 5.61. The quantitative estimate of drug-likeness (QED) is 0.213. The van der Waals surface area contributed by atoms with Crippen LogP contribution >= 0.6 is 11.2 Å². The Labute approximate surface area is 233 Å². The second kappa shape index (κ2) is 13.3. The summed E-state index contributed by atoms with van der Waals surface area (Å²) in [5, 5.41) is 41.4. The largest absolute Gasteiger partial charge is 0.387 e. The fraction of sp³-hybridized carbons (Fsp3) is 0.600. The van der Waals surface area contributed by atoms with Gasteiger partial charge in [-0.3, -0.25) is 0 Å². The van der Waals surface area contributed by atoms with E-state index in [9.17, 15) is 32.7 Å². The molecule has 0 unspecified atom stereocenters. The van der Waals surface area contributed by atoms with Crippen molar-refractivity contribution in [2.24, 2.45) is 10.8 Å². The molecule has 2 rings (SSSR count). The molecule has 0 aromatic heterocycles. The van der Waals surface area contributed by atoms with Crippen molar-refractivity contribution in [2.45, 2.75) is 98.8 Å². The maximum Gasteiger partial charge on any atom is 0.248 e. The van der Waals surface area contributed by atoms with E-state index in [4.69, 9.17) is 0 Å². The number of nitrogens with zero attached hydrogens (tertiary/aromatic N) is 4. The minimum absolute atomic E-state index is 0.0365. The number of unbranched alkanes of at least 4 members (excludes halogenated alkanes) is 4. The maximum atomic E-state index is 13.5. The summed E-state index contributed by atoms with van der Waals surface area (Å²) in [6.45, 7) is 10.5. The first kappa shape index (κ1) is 32.1. The van der Waals surface area contributed by atoms with Gasteiger partial charge in [-0.2, -0.15) is 21.0 Å². The molecule has 1 N–H and O–H groups in total. The van der Waals surface area contributed by atoms with Crippen molar-refractivity contribution in [3.8, 4) is 24.3 Å². The van der Waals surface area contributed by atoms with Crippen LogP contribution in [0.5, 0.6) is 0 Å². The Bertz CT molecular complexity index is 1250. The smallest absolute Gasteiger partial charge is 0.248 e. The van der Waals surface area contributed by atoms with Crippen LogP contribution in [0.2, 0.25) is 0 Å². The summed E-state index contributed by atoms with van der Waals surface area (Å²) < 4.78 is 40.6. The molecule has 0 radical (unpaired) electrons. The summed E-state index contributed by atoms with van der Waals surface area (Å²) in [7, 11) is 0. The average Bonchev–Trinajstić information content (AvgIpc) is 2.83. The van der Waals surface area contributed by atoms with Crippen LogP contribution in [0.4, 0.5) is 11.7 Å². The van der Waals surface area contributed by atoms with Gasteiger partial charge in [-0.05, 0) is 68.3 Å². The third-order valence-electron chi connectivity index (χ3n) is 7.36. The van der Waals surface area contributed by atoms with Crippen molar-refractivity contribution in [1.82, 2.24) is 5.32 Å². The van der Waals surface area contributed by atoms with E-state index in [2.05, 4.69) is 31.3 Å². The van der Waals surface area contributed by atoms with Crippen LogP contribution in [0.15, 0.2) is 44.0 Å². The van der Waals surface area contributed by atoms with E-state index in [0.29, 0.717) is 30.4 Å². The first-order chi connectivity index (χ1) is 18.2. The normalized spacial score (nSPS) is 21.7. The minimum atomic E-state index is -5.71. The lowest BCUT2D eigenvalue weighted by molar-refractivity contribution is 0.337. The van der Waals surface area contributed by atoms with Crippen LogP contribution in [-0.2, 0) is 0 Å². The number of hydrogen-bond donors (Lipinski definition) is 1. The van der Waals surface area contributed by atoms with E-state index in [0.717, 1.165) is 61.9 Å². The summed E-state index contributed by atoms with van der Waals surface area (Å²) in [4.78, 5) is -1.17. The molecule has 39 heavy (non-hydrogen) atoms. The molecule has 0 bridgehead atoms. The van der Waals surface area contributed by atoms with Gasteiger partial charge in [0.2, 0.25) is 11.2 Å². The van der Waals surface area contributed by atoms with Crippen molar-refractivity contribution in [3.05, 3.63) is 44.0 Å².